The summed E-state index contributed by atoms with van der Waals surface area (Å²) < 4.78 is 5.79. The third-order valence-electron chi connectivity index (χ3n) is 2.54. The third-order valence-corrected chi connectivity index (χ3v) is 2.54. The fourth-order valence-electron chi connectivity index (χ4n) is 1.87. The first-order valence-electron chi connectivity index (χ1n) is 6.18. The number of ether oxygens (including phenoxy) is 1. The topological polar surface area (TPSA) is 38.5 Å². The van der Waals surface area contributed by atoms with Crippen molar-refractivity contribution in [1.29, 1.82) is 0 Å². The quantitative estimate of drug-likeness (QED) is 0.784. The molecular formula is C14H24N2O. The van der Waals surface area contributed by atoms with Crippen molar-refractivity contribution in [3.05, 3.63) is 29.8 Å². The van der Waals surface area contributed by atoms with Gasteiger partial charge in [0.25, 0.3) is 0 Å². The summed E-state index contributed by atoms with van der Waals surface area (Å²) in [5, 5.41) is 0. The van der Waals surface area contributed by atoms with Gasteiger partial charge in [-0.1, -0.05) is 19.1 Å². The van der Waals surface area contributed by atoms with Crippen LogP contribution >= 0.6 is 0 Å². The maximum Gasteiger partial charge on any atom is 0.119 e. The van der Waals surface area contributed by atoms with Gasteiger partial charge < -0.3 is 15.4 Å². The first-order valence-corrected chi connectivity index (χ1v) is 6.18. The van der Waals surface area contributed by atoms with E-state index in [1.54, 1.807) is 0 Å². The van der Waals surface area contributed by atoms with E-state index in [-0.39, 0.29) is 0 Å². The van der Waals surface area contributed by atoms with Crippen LogP contribution in [0.15, 0.2) is 24.3 Å². The standard InChI is InChI=1S/C14H24N2O/c1-12(10-16(2)3)11-17-14-6-4-5-13(9-14)7-8-15/h4-6,9,12H,7-8,10-11,15H2,1-3H3. The Morgan fingerprint density at radius 1 is 1.35 bits per heavy atom. The van der Waals surface area contributed by atoms with Crippen LogP contribution in [0.2, 0.25) is 0 Å². The van der Waals surface area contributed by atoms with Crippen LogP contribution in [-0.2, 0) is 6.42 Å². The molecule has 17 heavy (non-hydrogen) atoms. The number of hydrogen-bond donors (Lipinski definition) is 1. The highest BCUT2D eigenvalue weighted by atomic mass is 16.5. The maximum atomic E-state index is 5.79. The van der Waals surface area contributed by atoms with Crippen LogP contribution in [0.25, 0.3) is 0 Å². The van der Waals surface area contributed by atoms with Gasteiger partial charge in [0.15, 0.2) is 0 Å². The van der Waals surface area contributed by atoms with Gasteiger partial charge in [-0.25, -0.2) is 0 Å². The minimum atomic E-state index is 0.531. The fraction of sp³-hybridized carbons (Fsp3) is 0.571. The van der Waals surface area contributed by atoms with Crippen molar-refractivity contribution in [1.82, 2.24) is 4.90 Å². The number of nitrogens with two attached hydrogens (primary N) is 1. The van der Waals surface area contributed by atoms with E-state index in [1.165, 1.54) is 5.56 Å². The van der Waals surface area contributed by atoms with E-state index in [4.69, 9.17) is 10.5 Å². The lowest BCUT2D eigenvalue weighted by Crippen LogP contribution is -2.24. The molecule has 0 amide bonds. The fourth-order valence-corrected chi connectivity index (χ4v) is 1.87. The number of rotatable bonds is 7. The molecule has 3 nitrogen and oxygen atoms in total. The zero-order valence-corrected chi connectivity index (χ0v) is 11.1. The SMILES string of the molecule is CC(COc1cccc(CCN)c1)CN(C)C. The molecule has 0 saturated heterocycles. The van der Waals surface area contributed by atoms with Crippen molar-refractivity contribution in [2.75, 3.05) is 33.8 Å². The molecular weight excluding hydrogens is 212 g/mol. The molecule has 0 bridgehead atoms. The lowest BCUT2D eigenvalue weighted by atomic mass is 10.1. The van der Waals surface area contributed by atoms with E-state index >= 15 is 0 Å². The second-order valence-corrected chi connectivity index (χ2v) is 4.86. The third kappa shape index (κ3) is 5.71. The molecule has 0 saturated carbocycles. The molecule has 0 aliphatic carbocycles. The molecule has 1 aromatic carbocycles. The van der Waals surface area contributed by atoms with Gasteiger partial charge in [0.05, 0.1) is 6.61 Å². The maximum absolute atomic E-state index is 5.79. The lowest BCUT2D eigenvalue weighted by molar-refractivity contribution is 0.222. The number of nitrogens with zero attached hydrogens (tertiary/aromatic N) is 1. The summed E-state index contributed by atoms with van der Waals surface area (Å²) in [6.07, 6.45) is 0.907. The Hall–Kier alpha value is -1.06. The van der Waals surface area contributed by atoms with Crippen LogP contribution in [0, 0.1) is 5.92 Å². The zero-order valence-electron chi connectivity index (χ0n) is 11.1. The first-order chi connectivity index (χ1) is 8.11. The Bertz CT molecular complexity index is 326. The van der Waals surface area contributed by atoms with Gasteiger partial charge in [-0.05, 0) is 44.8 Å². The Labute approximate surface area is 105 Å². The lowest BCUT2D eigenvalue weighted by Gasteiger charge is -2.17. The largest absolute Gasteiger partial charge is 0.493 e. The van der Waals surface area contributed by atoms with Crippen molar-refractivity contribution in [3.63, 3.8) is 0 Å². The minimum Gasteiger partial charge on any atom is -0.493 e. The highest BCUT2D eigenvalue weighted by Crippen LogP contribution is 2.14. The summed E-state index contributed by atoms with van der Waals surface area (Å²) in [5.41, 5.74) is 6.78. The highest BCUT2D eigenvalue weighted by Gasteiger charge is 2.05. The molecule has 96 valence electrons. The molecule has 0 spiro atoms. The van der Waals surface area contributed by atoms with Crippen molar-refractivity contribution >= 4 is 0 Å². The van der Waals surface area contributed by atoms with Crippen molar-refractivity contribution in [2.45, 2.75) is 13.3 Å². The normalized spacial score (nSPS) is 12.8. The van der Waals surface area contributed by atoms with Crippen LogP contribution in [0.3, 0.4) is 0 Å². The molecule has 2 N–H and O–H groups in total. The van der Waals surface area contributed by atoms with E-state index in [0.29, 0.717) is 12.5 Å². The smallest absolute Gasteiger partial charge is 0.119 e. The molecule has 0 aromatic heterocycles. The summed E-state index contributed by atoms with van der Waals surface area (Å²) in [6.45, 7) is 4.68. The first kappa shape index (κ1) is 14.0. The molecule has 0 radical (unpaired) electrons. The van der Waals surface area contributed by atoms with Crippen LogP contribution < -0.4 is 10.5 Å². The van der Waals surface area contributed by atoms with Gasteiger partial charge in [0, 0.05) is 12.5 Å². The van der Waals surface area contributed by atoms with Crippen LogP contribution in [0.5, 0.6) is 5.75 Å². The van der Waals surface area contributed by atoms with Gasteiger partial charge in [-0.2, -0.15) is 0 Å². The van der Waals surface area contributed by atoms with Gasteiger partial charge in [0.1, 0.15) is 5.75 Å². The molecule has 1 aromatic rings. The van der Waals surface area contributed by atoms with Gasteiger partial charge in [-0.3, -0.25) is 0 Å². The van der Waals surface area contributed by atoms with E-state index in [0.717, 1.165) is 25.3 Å². The average Bonchev–Trinajstić information content (AvgIpc) is 2.26. The Morgan fingerprint density at radius 2 is 2.12 bits per heavy atom. The molecule has 1 atom stereocenters. The molecule has 3 heteroatoms. The predicted molar refractivity (Wildman–Crippen MR) is 72.4 cm³/mol. The van der Waals surface area contributed by atoms with Crippen molar-refractivity contribution in [2.24, 2.45) is 11.7 Å². The summed E-state index contributed by atoms with van der Waals surface area (Å²) in [7, 11) is 4.16. The van der Waals surface area contributed by atoms with Gasteiger partial charge >= 0.3 is 0 Å². The Balaban J connectivity index is 2.43. The molecule has 0 aliphatic rings. The molecule has 1 rings (SSSR count). The second-order valence-electron chi connectivity index (χ2n) is 4.86. The molecule has 0 heterocycles. The summed E-state index contributed by atoms with van der Waals surface area (Å²) >= 11 is 0. The van der Waals surface area contributed by atoms with Gasteiger partial charge in [-0.15, -0.1) is 0 Å². The van der Waals surface area contributed by atoms with Crippen LogP contribution in [-0.4, -0.2) is 38.7 Å². The van der Waals surface area contributed by atoms with Crippen LogP contribution in [0.4, 0.5) is 0 Å². The average molecular weight is 236 g/mol. The zero-order chi connectivity index (χ0) is 12.7. The van der Waals surface area contributed by atoms with E-state index in [2.05, 4.69) is 38.1 Å². The Kier molecular flexibility index (Phi) is 6.01. The minimum absolute atomic E-state index is 0.531. The second kappa shape index (κ2) is 7.30. The summed E-state index contributed by atoms with van der Waals surface area (Å²) in [6, 6.07) is 8.19. The monoisotopic (exact) mass is 236 g/mol. The van der Waals surface area contributed by atoms with E-state index < -0.39 is 0 Å². The molecule has 0 aliphatic heterocycles. The number of hydrogen-bond acceptors (Lipinski definition) is 3. The summed E-state index contributed by atoms with van der Waals surface area (Å²) in [5.74, 6) is 1.48. The Morgan fingerprint density at radius 3 is 2.76 bits per heavy atom. The summed E-state index contributed by atoms with van der Waals surface area (Å²) in [4.78, 5) is 2.18. The van der Waals surface area contributed by atoms with Crippen molar-refractivity contribution in [3.8, 4) is 5.75 Å². The molecule has 1 unspecified atom stereocenters. The highest BCUT2D eigenvalue weighted by molar-refractivity contribution is 5.28. The van der Waals surface area contributed by atoms with E-state index in [9.17, 15) is 0 Å². The van der Waals surface area contributed by atoms with Gasteiger partial charge in [0.2, 0.25) is 0 Å². The predicted octanol–water partition coefficient (Wildman–Crippen LogP) is 1.76. The van der Waals surface area contributed by atoms with Crippen molar-refractivity contribution < 1.29 is 4.74 Å². The van der Waals surface area contributed by atoms with E-state index in [1.807, 2.05) is 12.1 Å². The molecule has 0 fully saturated rings. The van der Waals surface area contributed by atoms with Crippen LogP contribution in [0.1, 0.15) is 12.5 Å². The number of benzene rings is 1.